The molecule has 2 aliphatic rings. The minimum absolute atomic E-state index is 0. The average Bonchev–Trinajstić information content (AvgIpc) is 2.57. The highest BCUT2D eigenvalue weighted by atomic mass is 35.5. The predicted octanol–water partition coefficient (Wildman–Crippen LogP) is 5.38. The Morgan fingerprint density at radius 3 is 2.62 bits per heavy atom. The van der Waals surface area contributed by atoms with Crippen molar-refractivity contribution in [2.75, 3.05) is 19.6 Å². The second-order valence-corrected chi connectivity index (χ2v) is 8.21. The zero-order chi connectivity index (χ0) is 16.3. The molecule has 1 aromatic rings. The van der Waals surface area contributed by atoms with Gasteiger partial charge in [-0.05, 0) is 60.9 Å². The van der Waals surface area contributed by atoms with E-state index < -0.39 is 0 Å². The van der Waals surface area contributed by atoms with E-state index in [2.05, 4.69) is 24.8 Å². The lowest BCUT2D eigenvalue weighted by molar-refractivity contribution is 0.103. The zero-order valence-electron chi connectivity index (χ0n) is 15.3. The van der Waals surface area contributed by atoms with Crippen LogP contribution in [0.3, 0.4) is 0 Å². The summed E-state index contributed by atoms with van der Waals surface area (Å²) in [6.07, 6.45) is 9.89. The van der Waals surface area contributed by atoms with Crippen molar-refractivity contribution in [3.63, 3.8) is 0 Å². The highest BCUT2D eigenvalue weighted by Crippen LogP contribution is 2.40. The van der Waals surface area contributed by atoms with Crippen molar-refractivity contribution in [1.29, 1.82) is 0 Å². The molecule has 0 amide bonds. The molecular weight excluding hydrogens is 318 g/mol. The van der Waals surface area contributed by atoms with Gasteiger partial charge in [-0.25, -0.2) is 0 Å². The molecule has 1 heterocycles. The van der Waals surface area contributed by atoms with Gasteiger partial charge in [-0.3, -0.25) is 0 Å². The van der Waals surface area contributed by atoms with Crippen molar-refractivity contribution >= 4 is 12.4 Å². The highest BCUT2D eigenvalue weighted by Gasteiger charge is 2.38. The Morgan fingerprint density at radius 1 is 1.21 bits per heavy atom. The van der Waals surface area contributed by atoms with Gasteiger partial charge in [0.1, 0.15) is 5.75 Å². The van der Waals surface area contributed by atoms with Crippen LogP contribution in [0.4, 0.5) is 0 Å². The number of hydrogen-bond acceptors (Lipinski definition) is 2. The Hall–Kier alpha value is -0.730. The fourth-order valence-electron chi connectivity index (χ4n) is 4.65. The van der Waals surface area contributed by atoms with Gasteiger partial charge in [0.15, 0.2) is 0 Å². The maximum Gasteiger partial charge on any atom is 0.115 e. The largest absolute Gasteiger partial charge is 0.508 e. The van der Waals surface area contributed by atoms with Gasteiger partial charge in [0.25, 0.3) is 0 Å². The summed E-state index contributed by atoms with van der Waals surface area (Å²) in [5.74, 6) is 2.01. The van der Waals surface area contributed by atoms with Crippen molar-refractivity contribution in [2.24, 2.45) is 11.8 Å². The number of hydrogen-bond donors (Lipinski definition) is 1. The quantitative estimate of drug-likeness (QED) is 0.786. The first-order valence-electron chi connectivity index (χ1n) is 9.60. The molecule has 136 valence electrons. The van der Waals surface area contributed by atoms with Crippen molar-refractivity contribution in [2.45, 2.75) is 64.2 Å². The van der Waals surface area contributed by atoms with Gasteiger partial charge < -0.3 is 10.0 Å². The highest BCUT2D eigenvalue weighted by molar-refractivity contribution is 5.85. The molecule has 1 aromatic carbocycles. The normalized spacial score (nSPS) is 29.2. The monoisotopic (exact) mass is 351 g/mol. The topological polar surface area (TPSA) is 23.5 Å². The molecule has 3 heteroatoms. The maximum atomic E-state index is 9.81. The lowest BCUT2D eigenvalue weighted by Gasteiger charge is -2.45. The first-order chi connectivity index (χ1) is 11.1. The summed E-state index contributed by atoms with van der Waals surface area (Å²) in [6.45, 7) is 8.44. The average molecular weight is 352 g/mol. The Bertz CT molecular complexity index is 514. The van der Waals surface area contributed by atoms with E-state index in [0.717, 1.165) is 5.92 Å². The summed E-state index contributed by atoms with van der Waals surface area (Å²) in [6, 6.07) is 7.91. The van der Waals surface area contributed by atoms with Crippen LogP contribution in [0.2, 0.25) is 0 Å². The summed E-state index contributed by atoms with van der Waals surface area (Å²) in [7, 11) is 0. The van der Waals surface area contributed by atoms with Gasteiger partial charge in [-0.15, -0.1) is 12.4 Å². The summed E-state index contributed by atoms with van der Waals surface area (Å²) in [5.41, 5.74) is 1.50. The third-order valence-electron chi connectivity index (χ3n) is 6.65. The Kier molecular flexibility index (Phi) is 7.00. The molecule has 3 rings (SSSR count). The number of rotatable bonds is 4. The van der Waals surface area contributed by atoms with Crippen molar-refractivity contribution in [1.82, 2.24) is 4.90 Å². The summed E-state index contributed by atoms with van der Waals surface area (Å²) < 4.78 is 0. The second kappa shape index (κ2) is 8.58. The number of halogens is 1. The number of piperidine rings is 1. The molecule has 2 atom stereocenters. The van der Waals surface area contributed by atoms with E-state index in [-0.39, 0.29) is 17.8 Å². The third-order valence-corrected chi connectivity index (χ3v) is 6.65. The molecule has 24 heavy (non-hydrogen) atoms. The van der Waals surface area contributed by atoms with E-state index in [4.69, 9.17) is 0 Å². The lowest BCUT2D eigenvalue weighted by atomic mass is 9.68. The molecule has 1 aliphatic heterocycles. The van der Waals surface area contributed by atoms with Crippen LogP contribution in [0.15, 0.2) is 24.3 Å². The number of phenols is 1. The van der Waals surface area contributed by atoms with E-state index in [1.807, 2.05) is 12.1 Å². The first-order valence-corrected chi connectivity index (χ1v) is 9.60. The Balaban J connectivity index is 0.00000208. The second-order valence-electron chi connectivity index (χ2n) is 8.21. The SMILES string of the molecule is C[C@H]1CN(CCC2CCCCC2)CC[C@]1(C)c1cccc(O)c1.Cl. The molecule has 0 aromatic heterocycles. The molecule has 2 fully saturated rings. The lowest BCUT2D eigenvalue weighted by Crippen LogP contribution is -2.47. The molecule has 1 saturated carbocycles. The van der Waals surface area contributed by atoms with E-state index >= 15 is 0 Å². The van der Waals surface area contributed by atoms with E-state index in [0.29, 0.717) is 11.7 Å². The standard InChI is InChI=1S/C21H33NO.ClH/c1-17-16-22(13-11-18-7-4-3-5-8-18)14-12-21(17,2)19-9-6-10-20(23)15-19;/h6,9-10,15,17-18,23H,3-5,7-8,11-14,16H2,1-2H3;1H/t17-,21-;/m0./s1. The van der Waals surface area contributed by atoms with Crippen LogP contribution in [-0.2, 0) is 5.41 Å². The molecule has 0 bridgehead atoms. The van der Waals surface area contributed by atoms with E-state index in [9.17, 15) is 5.11 Å². The molecular formula is C21H34ClNO. The van der Waals surface area contributed by atoms with Gasteiger partial charge in [0.05, 0.1) is 0 Å². The van der Waals surface area contributed by atoms with E-state index in [1.54, 1.807) is 6.07 Å². The van der Waals surface area contributed by atoms with Gasteiger partial charge >= 0.3 is 0 Å². The number of benzene rings is 1. The first kappa shape index (κ1) is 19.6. The van der Waals surface area contributed by atoms with Crippen molar-refractivity contribution in [3.8, 4) is 5.75 Å². The van der Waals surface area contributed by atoms with Crippen LogP contribution in [0.1, 0.15) is 64.4 Å². The van der Waals surface area contributed by atoms with Gasteiger partial charge in [-0.2, -0.15) is 0 Å². The molecule has 2 nitrogen and oxygen atoms in total. The zero-order valence-corrected chi connectivity index (χ0v) is 16.2. The third kappa shape index (κ3) is 4.46. The van der Waals surface area contributed by atoms with Crippen LogP contribution in [0.25, 0.3) is 0 Å². The Morgan fingerprint density at radius 2 is 1.96 bits per heavy atom. The van der Waals surface area contributed by atoms with Crippen molar-refractivity contribution < 1.29 is 5.11 Å². The molecule has 0 unspecified atom stereocenters. The van der Waals surface area contributed by atoms with Crippen LogP contribution in [0, 0.1) is 11.8 Å². The Labute approximate surface area is 154 Å². The molecule has 0 spiro atoms. The van der Waals surface area contributed by atoms with Crippen molar-refractivity contribution in [3.05, 3.63) is 29.8 Å². The molecule has 1 saturated heterocycles. The predicted molar refractivity (Wildman–Crippen MR) is 104 cm³/mol. The molecule has 0 radical (unpaired) electrons. The molecule has 1 aliphatic carbocycles. The van der Waals surface area contributed by atoms with Gasteiger partial charge in [0, 0.05) is 6.54 Å². The molecule has 1 N–H and O–H groups in total. The maximum absolute atomic E-state index is 9.81. The minimum Gasteiger partial charge on any atom is -0.508 e. The number of likely N-dealkylation sites (tertiary alicyclic amines) is 1. The van der Waals surface area contributed by atoms with Crippen LogP contribution in [0.5, 0.6) is 5.75 Å². The number of nitrogens with zero attached hydrogens (tertiary/aromatic N) is 1. The van der Waals surface area contributed by atoms with Crippen LogP contribution >= 0.6 is 12.4 Å². The fraction of sp³-hybridized carbons (Fsp3) is 0.714. The van der Waals surface area contributed by atoms with Crippen LogP contribution < -0.4 is 0 Å². The minimum atomic E-state index is 0. The smallest absolute Gasteiger partial charge is 0.115 e. The summed E-state index contributed by atoms with van der Waals surface area (Å²) >= 11 is 0. The fourth-order valence-corrected chi connectivity index (χ4v) is 4.65. The summed E-state index contributed by atoms with van der Waals surface area (Å²) in [4.78, 5) is 2.68. The van der Waals surface area contributed by atoms with Gasteiger partial charge in [-0.1, -0.05) is 58.1 Å². The van der Waals surface area contributed by atoms with E-state index in [1.165, 1.54) is 70.1 Å². The summed E-state index contributed by atoms with van der Waals surface area (Å²) in [5, 5.41) is 9.81. The van der Waals surface area contributed by atoms with Crippen LogP contribution in [-0.4, -0.2) is 29.6 Å². The van der Waals surface area contributed by atoms with Gasteiger partial charge in [0.2, 0.25) is 0 Å². The number of aromatic hydroxyl groups is 1. The number of phenolic OH excluding ortho intramolecular Hbond substituents is 1.